The third kappa shape index (κ3) is 4.38. The van der Waals surface area contributed by atoms with Crippen LogP contribution in [0.25, 0.3) is 0 Å². The van der Waals surface area contributed by atoms with E-state index >= 15 is 0 Å². The van der Waals surface area contributed by atoms with Crippen molar-refractivity contribution in [2.24, 2.45) is 0 Å². The van der Waals surface area contributed by atoms with Crippen molar-refractivity contribution >= 4 is 39.5 Å². The molecule has 1 saturated heterocycles. The van der Waals surface area contributed by atoms with Crippen molar-refractivity contribution < 1.29 is 4.39 Å². The molecule has 1 aromatic rings. The van der Waals surface area contributed by atoms with E-state index in [1.807, 2.05) is 29.6 Å². The molecule has 1 aliphatic heterocycles. The lowest BCUT2D eigenvalue weighted by Gasteiger charge is -2.30. The summed E-state index contributed by atoms with van der Waals surface area (Å²) in [5.74, 6) is 3.50. The van der Waals surface area contributed by atoms with Gasteiger partial charge in [0.2, 0.25) is 0 Å². The minimum Gasteiger partial charge on any atom is -0.313 e. The van der Waals surface area contributed by atoms with Crippen LogP contribution in [0.15, 0.2) is 22.7 Å². The Balaban J connectivity index is 2.08. The lowest BCUT2D eigenvalue weighted by atomic mass is 10.0. The summed E-state index contributed by atoms with van der Waals surface area (Å²) in [5, 5.41) is 4.19. The molecule has 0 aliphatic carbocycles. The topological polar surface area (TPSA) is 12.0 Å². The van der Waals surface area contributed by atoms with Crippen LogP contribution in [-0.4, -0.2) is 35.1 Å². The van der Waals surface area contributed by atoms with E-state index < -0.39 is 0 Å². The van der Waals surface area contributed by atoms with Gasteiger partial charge in [-0.3, -0.25) is 0 Å². The number of thioether (sulfide) groups is 2. The average Bonchev–Trinajstić information content (AvgIpc) is 2.44. The van der Waals surface area contributed by atoms with E-state index in [0.29, 0.717) is 15.8 Å². The van der Waals surface area contributed by atoms with Crippen molar-refractivity contribution in [1.82, 2.24) is 5.32 Å². The minimum absolute atomic E-state index is 0.168. The van der Waals surface area contributed by atoms with Gasteiger partial charge < -0.3 is 5.32 Å². The molecule has 1 fully saturated rings. The van der Waals surface area contributed by atoms with Gasteiger partial charge in [0.25, 0.3) is 0 Å². The largest absolute Gasteiger partial charge is 0.313 e. The minimum atomic E-state index is -0.168. The molecule has 2 atom stereocenters. The fourth-order valence-corrected chi connectivity index (χ4v) is 5.59. The van der Waals surface area contributed by atoms with Crippen LogP contribution < -0.4 is 5.32 Å². The summed E-state index contributed by atoms with van der Waals surface area (Å²) in [6.45, 7) is 3.09. The van der Waals surface area contributed by atoms with Gasteiger partial charge in [0, 0.05) is 28.6 Å². The fourth-order valence-electron chi connectivity index (χ4n) is 2.28. The molecule has 19 heavy (non-hydrogen) atoms. The number of likely N-dealkylation sites (N-methyl/N-ethyl adjacent to an activating group) is 1. The third-order valence-corrected chi connectivity index (χ3v) is 7.04. The van der Waals surface area contributed by atoms with Crippen LogP contribution in [0, 0.1) is 5.82 Å². The number of hydrogen-bond acceptors (Lipinski definition) is 3. The zero-order chi connectivity index (χ0) is 13.7. The summed E-state index contributed by atoms with van der Waals surface area (Å²) in [6, 6.07) is 5.72. The van der Waals surface area contributed by atoms with Gasteiger partial charge in [-0.15, -0.1) is 0 Å². The molecule has 0 spiro atoms. The SMILES string of the molecule is CCNC(Cc1cccc(F)c1Br)C1CSCCS1. The van der Waals surface area contributed by atoms with E-state index in [0.717, 1.165) is 18.5 Å². The van der Waals surface area contributed by atoms with Crippen molar-refractivity contribution in [3.05, 3.63) is 34.1 Å². The highest BCUT2D eigenvalue weighted by molar-refractivity contribution is 9.10. The predicted octanol–water partition coefficient (Wildman–Crippen LogP) is 3.96. The summed E-state index contributed by atoms with van der Waals surface area (Å²) < 4.78 is 14.2. The number of hydrogen-bond donors (Lipinski definition) is 1. The van der Waals surface area contributed by atoms with Crippen LogP contribution in [0.2, 0.25) is 0 Å². The van der Waals surface area contributed by atoms with Crippen LogP contribution in [0.1, 0.15) is 12.5 Å². The Labute approximate surface area is 131 Å². The van der Waals surface area contributed by atoms with E-state index in [1.165, 1.54) is 23.3 Å². The molecule has 0 amide bonds. The van der Waals surface area contributed by atoms with Crippen molar-refractivity contribution in [3.8, 4) is 0 Å². The highest BCUT2D eigenvalue weighted by Crippen LogP contribution is 2.29. The van der Waals surface area contributed by atoms with Gasteiger partial charge in [0.1, 0.15) is 5.82 Å². The first kappa shape index (κ1) is 15.7. The molecule has 5 heteroatoms. The molecule has 0 saturated carbocycles. The smallest absolute Gasteiger partial charge is 0.137 e. The highest BCUT2D eigenvalue weighted by Gasteiger charge is 2.25. The van der Waals surface area contributed by atoms with Gasteiger partial charge in [-0.25, -0.2) is 4.39 Å². The van der Waals surface area contributed by atoms with Crippen LogP contribution in [0.3, 0.4) is 0 Å². The maximum atomic E-state index is 13.6. The number of nitrogens with one attached hydrogen (secondary N) is 1. The first-order valence-electron chi connectivity index (χ1n) is 6.58. The Morgan fingerprint density at radius 2 is 2.32 bits per heavy atom. The Morgan fingerprint density at radius 3 is 3.00 bits per heavy atom. The van der Waals surface area contributed by atoms with Crippen LogP contribution in [0.5, 0.6) is 0 Å². The molecule has 1 aromatic carbocycles. The molecular formula is C14H19BrFNS2. The van der Waals surface area contributed by atoms with Crippen LogP contribution in [0.4, 0.5) is 4.39 Å². The Hall–Kier alpha value is 0.290. The van der Waals surface area contributed by atoms with Gasteiger partial charge in [0.15, 0.2) is 0 Å². The molecule has 0 aromatic heterocycles. The summed E-state index contributed by atoms with van der Waals surface area (Å²) in [5.41, 5.74) is 1.06. The molecule has 2 unspecified atom stereocenters. The van der Waals surface area contributed by atoms with Crippen molar-refractivity contribution in [3.63, 3.8) is 0 Å². The molecule has 2 rings (SSSR count). The normalized spacial score (nSPS) is 21.3. The van der Waals surface area contributed by atoms with Gasteiger partial charge >= 0.3 is 0 Å². The first-order chi connectivity index (χ1) is 9.22. The van der Waals surface area contributed by atoms with Gasteiger partial charge in [-0.05, 0) is 40.5 Å². The maximum absolute atomic E-state index is 13.6. The van der Waals surface area contributed by atoms with Gasteiger partial charge in [-0.2, -0.15) is 23.5 Å². The number of benzene rings is 1. The Bertz CT molecular complexity index is 410. The predicted molar refractivity (Wildman–Crippen MR) is 88.8 cm³/mol. The summed E-state index contributed by atoms with van der Waals surface area (Å²) in [7, 11) is 0. The summed E-state index contributed by atoms with van der Waals surface area (Å²) in [4.78, 5) is 0. The van der Waals surface area contributed by atoms with Crippen LogP contribution >= 0.6 is 39.5 Å². The number of halogens is 2. The second-order valence-electron chi connectivity index (χ2n) is 4.57. The zero-order valence-corrected chi connectivity index (χ0v) is 14.2. The standard InChI is InChI=1S/C14H19BrFNS2/c1-2-17-12(13-9-18-6-7-19-13)8-10-4-3-5-11(16)14(10)15/h3-5,12-13,17H,2,6-9H2,1H3. The second kappa shape index (κ2) is 7.91. The van der Waals surface area contributed by atoms with E-state index in [2.05, 4.69) is 28.2 Å². The van der Waals surface area contributed by atoms with E-state index in [1.54, 1.807) is 6.07 Å². The monoisotopic (exact) mass is 363 g/mol. The molecule has 0 bridgehead atoms. The Morgan fingerprint density at radius 1 is 1.47 bits per heavy atom. The number of rotatable bonds is 5. The second-order valence-corrected chi connectivity index (χ2v) is 7.86. The van der Waals surface area contributed by atoms with E-state index in [9.17, 15) is 4.39 Å². The van der Waals surface area contributed by atoms with Crippen molar-refractivity contribution in [2.75, 3.05) is 23.8 Å². The van der Waals surface area contributed by atoms with Crippen molar-refractivity contribution in [1.29, 1.82) is 0 Å². The molecule has 106 valence electrons. The third-order valence-electron chi connectivity index (χ3n) is 3.23. The highest BCUT2D eigenvalue weighted by atomic mass is 79.9. The summed E-state index contributed by atoms with van der Waals surface area (Å²) >= 11 is 7.45. The van der Waals surface area contributed by atoms with Crippen LogP contribution in [-0.2, 0) is 6.42 Å². The van der Waals surface area contributed by atoms with Crippen molar-refractivity contribution in [2.45, 2.75) is 24.6 Å². The molecular weight excluding hydrogens is 345 g/mol. The van der Waals surface area contributed by atoms with Gasteiger partial charge in [-0.1, -0.05) is 19.1 Å². The van der Waals surface area contributed by atoms with Gasteiger partial charge in [0.05, 0.1) is 4.47 Å². The average molecular weight is 364 g/mol. The molecule has 1 N–H and O–H groups in total. The molecule has 1 heterocycles. The molecule has 1 aliphatic rings. The fraction of sp³-hybridized carbons (Fsp3) is 0.571. The van der Waals surface area contributed by atoms with E-state index in [-0.39, 0.29) is 5.82 Å². The lowest BCUT2D eigenvalue weighted by Crippen LogP contribution is -2.42. The molecule has 0 radical (unpaired) electrons. The van der Waals surface area contributed by atoms with E-state index in [4.69, 9.17) is 0 Å². The first-order valence-corrected chi connectivity index (χ1v) is 9.57. The molecule has 1 nitrogen and oxygen atoms in total. The lowest BCUT2D eigenvalue weighted by molar-refractivity contribution is 0.519. The summed E-state index contributed by atoms with van der Waals surface area (Å²) in [6.07, 6.45) is 0.879. The Kier molecular flexibility index (Phi) is 6.53. The quantitative estimate of drug-likeness (QED) is 0.850. The zero-order valence-electron chi connectivity index (χ0n) is 11.0. The maximum Gasteiger partial charge on any atom is 0.137 e.